The second-order valence-corrected chi connectivity index (χ2v) is 12.0. The summed E-state index contributed by atoms with van der Waals surface area (Å²) in [5.74, 6) is 0.235. The maximum Gasteiger partial charge on any atom is 0.305 e. The molecule has 6 aliphatic heterocycles. The molecule has 8 nitrogen and oxygen atoms in total. The summed E-state index contributed by atoms with van der Waals surface area (Å²) >= 11 is 0. The van der Waals surface area contributed by atoms with Gasteiger partial charge in [0.2, 0.25) is 0 Å². The molecule has 0 saturated carbocycles. The van der Waals surface area contributed by atoms with Crippen molar-refractivity contribution in [2.45, 2.75) is 66.4 Å². The number of aliphatic imine (C=N–C) groups is 3. The maximum absolute atomic E-state index is 12.2. The van der Waals surface area contributed by atoms with Crippen LogP contribution in [0.3, 0.4) is 0 Å². The molecule has 0 aromatic rings. The van der Waals surface area contributed by atoms with Crippen LogP contribution in [0.25, 0.3) is 0 Å². The molecule has 0 spiro atoms. The number of hydrogen-bond donors (Lipinski definition) is 2. The number of carbonyl (C=O) groups excluding carboxylic acids is 1. The first-order valence-electron chi connectivity index (χ1n) is 14.9. The summed E-state index contributed by atoms with van der Waals surface area (Å²) in [7, 11) is 1.43. The smallest absolute Gasteiger partial charge is 0.305 e. The van der Waals surface area contributed by atoms with Crippen LogP contribution in [-0.4, -0.2) is 48.0 Å². The number of allylic oxidation sites excluding steroid dienone is 11. The SMILES string of the molecule is CCC1=C(C)C2=NC1=CC1=C(C)C3=C(O)CC(=C4NC(=CC5=NC(=C2)C(C2CO2)=C5C)[C@@H](C)[C@@H]4CCC(=O)OC)C3=N1. The van der Waals surface area contributed by atoms with Gasteiger partial charge in [-0.05, 0) is 74.1 Å². The summed E-state index contributed by atoms with van der Waals surface area (Å²) in [4.78, 5) is 27.5. The standard InChI is InChI=1S/C34H36N4O4/c1-7-19-15(2)22-13-27-31(29-14-42-29)17(4)24(36-27)11-23-16(3)20(8-9-30(40)41-6)33(37-23)21-10-28(39)32-18(5)25(38-34(21)32)12-26(19)35-22/h11-13,16,20,29,37,39H,7-10,14H2,1-6H3/t16-,20-,29?/m0/s1. The summed E-state index contributed by atoms with van der Waals surface area (Å²) in [6.45, 7) is 11.3. The molecular formula is C34H36N4O4. The van der Waals surface area contributed by atoms with Crippen molar-refractivity contribution in [2.75, 3.05) is 13.7 Å². The van der Waals surface area contributed by atoms with E-state index < -0.39 is 0 Å². The van der Waals surface area contributed by atoms with Gasteiger partial charge in [0.15, 0.2) is 0 Å². The third-order valence-electron chi connectivity index (χ3n) is 9.64. The molecule has 7 rings (SSSR count). The highest BCUT2D eigenvalue weighted by Crippen LogP contribution is 2.46. The zero-order chi connectivity index (χ0) is 29.4. The van der Waals surface area contributed by atoms with Crippen LogP contribution in [0.1, 0.15) is 60.3 Å². The predicted molar refractivity (Wildman–Crippen MR) is 163 cm³/mol. The minimum absolute atomic E-state index is 0.0324. The van der Waals surface area contributed by atoms with Crippen LogP contribution in [0.4, 0.5) is 0 Å². The van der Waals surface area contributed by atoms with Crippen LogP contribution in [0.15, 0.2) is 106 Å². The Morgan fingerprint density at radius 1 is 1.07 bits per heavy atom. The fourth-order valence-corrected chi connectivity index (χ4v) is 7.12. The van der Waals surface area contributed by atoms with Crippen molar-refractivity contribution < 1.29 is 19.4 Å². The van der Waals surface area contributed by atoms with Gasteiger partial charge in [0.05, 0.1) is 47.9 Å². The van der Waals surface area contributed by atoms with E-state index in [-0.39, 0.29) is 23.9 Å². The molecule has 7 aliphatic rings. The molecule has 8 bridgehead atoms. The average molecular weight is 565 g/mol. The Bertz CT molecular complexity index is 1710. The third-order valence-corrected chi connectivity index (χ3v) is 9.64. The maximum atomic E-state index is 12.2. The molecule has 0 aromatic carbocycles. The van der Waals surface area contributed by atoms with Gasteiger partial charge >= 0.3 is 5.97 Å². The predicted octanol–water partition coefficient (Wildman–Crippen LogP) is 6.01. The lowest BCUT2D eigenvalue weighted by Crippen LogP contribution is -2.16. The number of esters is 1. The van der Waals surface area contributed by atoms with E-state index in [4.69, 9.17) is 24.5 Å². The number of carbonyl (C=O) groups is 1. The van der Waals surface area contributed by atoms with Crippen LogP contribution in [-0.2, 0) is 14.3 Å². The highest BCUT2D eigenvalue weighted by atomic mass is 16.6. The van der Waals surface area contributed by atoms with E-state index in [1.165, 1.54) is 12.7 Å². The molecule has 216 valence electrons. The number of fused-ring (bicyclic) bond motifs is 5. The van der Waals surface area contributed by atoms with Gasteiger partial charge in [0, 0.05) is 52.8 Å². The van der Waals surface area contributed by atoms with E-state index in [0.717, 1.165) is 85.5 Å². The monoisotopic (exact) mass is 564 g/mol. The van der Waals surface area contributed by atoms with E-state index in [0.29, 0.717) is 31.6 Å². The first kappa shape index (κ1) is 26.8. The molecule has 42 heavy (non-hydrogen) atoms. The molecule has 2 N–H and O–H groups in total. The molecule has 2 saturated heterocycles. The zero-order valence-corrected chi connectivity index (χ0v) is 25.0. The number of aliphatic hydroxyl groups excluding tert-OH is 1. The van der Waals surface area contributed by atoms with E-state index >= 15 is 0 Å². The fraction of sp³-hybridized carbons (Fsp3) is 0.412. The molecule has 1 unspecified atom stereocenters. The Hall–Kier alpha value is -4.04. The zero-order valence-electron chi connectivity index (χ0n) is 25.0. The third kappa shape index (κ3) is 4.07. The van der Waals surface area contributed by atoms with Crippen molar-refractivity contribution in [1.29, 1.82) is 0 Å². The average Bonchev–Trinajstić information content (AvgIpc) is 3.31. The number of nitrogens with zero attached hydrogens (tertiary/aromatic N) is 3. The topological polar surface area (TPSA) is 108 Å². The summed E-state index contributed by atoms with van der Waals surface area (Å²) in [6.07, 6.45) is 8.54. The van der Waals surface area contributed by atoms with Crippen molar-refractivity contribution in [3.63, 3.8) is 0 Å². The molecule has 0 amide bonds. The summed E-state index contributed by atoms with van der Waals surface area (Å²) in [5, 5.41) is 14.9. The molecule has 0 aromatic heterocycles. The quantitative estimate of drug-likeness (QED) is 0.314. The van der Waals surface area contributed by atoms with E-state index in [9.17, 15) is 9.90 Å². The van der Waals surface area contributed by atoms with E-state index in [2.05, 4.69) is 51.2 Å². The molecule has 6 heterocycles. The highest BCUT2D eigenvalue weighted by molar-refractivity contribution is 6.21. The summed E-state index contributed by atoms with van der Waals surface area (Å²) < 4.78 is 10.7. The van der Waals surface area contributed by atoms with E-state index in [1.807, 2.05) is 6.92 Å². The minimum Gasteiger partial charge on any atom is -0.511 e. The van der Waals surface area contributed by atoms with Crippen molar-refractivity contribution in [3.05, 3.63) is 91.5 Å². The summed E-state index contributed by atoms with van der Waals surface area (Å²) in [6, 6.07) is 0. The van der Waals surface area contributed by atoms with Gasteiger partial charge in [-0.2, -0.15) is 0 Å². The van der Waals surface area contributed by atoms with Gasteiger partial charge in [-0.3, -0.25) is 4.79 Å². The number of aliphatic hydroxyl groups is 1. The van der Waals surface area contributed by atoms with Crippen LogP contribution in [0.2, 0.25) is 0 Å². The number of methoxy groups -OCH3 is 1. The Labute approximate surface area is 246 Å². The normalized spacial score (nSPS) is 27.8. The van der Waals surface area contributed by atoms with Gasteiger partial charge in [-0.1, -0.05) is 13.8 Å². The molecular weight excluding hydrogens is 528 g/mol. The molecule has 0 radical (unpaired) electrons. The van der Waals surface area contributed by atoms with Crippen LogP contribution in [0, 0.1) is 11.8 Å². The van der Waals surface area contributed by atoms with Crippen LogP contribution < -0.4 is 5.32 Å². The largest absolute Gasteiger partial charge is 0.511 e. The lowest BCUT2D eigenvalue weighted by Gasteiger charge is -2.17. The minimum atomic E-state index is -0.228. The number of ether oxygens (including phenoxy) is 2. The van der Waals surface area contributed by atoms with Gasteiger partial charge < -0.3 is 19.9 Å². The first-order chi connectivity index (χ1) is 20.2. The lowest BCUT2D eigenvalue weighted by molar-refractivity contribution is -0.140. The Kier molecular flexibility index (Phi) is 6.24. The highest BCUT2D eigenvalue weighted by Gasteiger charge is 2.42. The van der Waals surface area contributed by atoms with Crippen molar-refractivity contribution >= 4 is 23.1 Å². The molecule has 8 heteroatoms. The molecule has 3 atom stereocenters. The van der Waals surface area contributed by atoms with Gasteiger partial charge in [-0.25, -0.2) is 15.0 Å². The first-order valence-corrected chi connectivity index (χ1v) is 14.9. The Balaban J connectivity index is 1.45. The second-order valence-electron chi connectivity index (χ2n) is 12.0. The molecule has 2 fully saturated rings. The fourth-order valence-electron chi connectivity index (χ4n) is 7.12. The number of rotatable bonds is 5. The van der Waals surface area contributed by atoms with Crippen molar-refractivity contribution in [2.24, 2.45) is 26.8 Å². The number of epoxide rings is 1. The van der Waals surface area contributed by atoms with Crippen LogP contribution >= 0.6 is 0 Å². The Morgan fingerprint density at radius 3 is 2.52 bits per heavy atom. The van der Waals surface area contributed by atoms with Crippen LogP contribution in [0.5, 0.6) is 0 Å². The lowest BCUT2D eigenvalue weighted by atomic mass is 9.86. The van der Waals surface area contributed by atoms with Crippen molar-refractivity contribution in [1.82, 2.24) is 5.32 Å². The van der Waals surface area contributed by atoms with Crippen molar-refractivity contribution in [3.8, 4) is 0 Å². The second kappa shape index (κ2) is 9.76. The number of nitrogens with one attached hydrogen (secondary N) is 1. The molecule has 1 aliphatic carbocycles. The van der Waals surface area contributed by atoms with Gasteiger partial charge in [-0.15, -0.1) is 0 Å². The summed E-state index contributed by atoms with van der Waals surface area (Å²) in [5.41, 5.74) is 14.6. The van der Waals surface area contributed by atoms with E-state index in [1.54, 1.807) is 0 Å². The number of hydrogen-bond acceptors (Lipinski definition) is 8. The van der Waals surface area contributed by atoms with Gasteiger partial charge in [0.25, 0.3) is 0 Å². The Morgan fingerprint density at radius 2 is 1.81 bits per heavy atom. The van der Waals surface area contributed by atoms with Gasteiger partial charge in [0.1, 0.15) is 11.9 Å².